The number of hydrazine groups is 1. The molecule has 0 aromatic heterocycles. The fourth-order valence-electron chi connectivity index (χ4n) is 3.47. The van der Waals surface area contributed by atoms with Crippen LogP contribution in [0.3, 0.4) is 0 Å². The molecule has 1 aliphatic rings. The number of nitrogens with one attached hydrogen (secondary N) is 2. The minimum absolute atomic E-state index is 0.00239. The lowest BCUT2D eigenvalue weighted by molar-refractivity contribution is -0.117. The van der Waals surface area contributed by atoms with Crippen molar-refractivity contribution >= 4 is 29.1 Å². The molecule has 2 aromatic carbocycles. The van der Waals surface area contributed by atoms with Crippen molar-refractivity contribution in [2.75, 3.05) is 29.4 Å². The van der Waals surface area contributed by atoms with Crippen LogP contribution in [0.2, 0.25) is 0 Å². The number of carbonyl (C=O) groups excluding carboxylic acids is 3. The minimum Gasteiger partial charge on any atom is -0.372 e. The van der Waals surface area contributed by atoms with Crippen LogP contribution in [0.5, 0.6) is 0 Å². The molecule has 0 aliphatic carbocycles. The van der Waals surface area contributed by atoms with E-state index in [4.69, 9.17) is 0 Å². The maximum absolute atomic E-state index is 12.6. The molecule has 1 saturated heterocycles. The summed E-state index contributed by atoms with van der Waals surface area (Å²) in [5.74, 6) is -0.866. The number of hydrogen-bond acceptors (Lipinski definition) is 4. The first-order valence-electron chi connectivity index (χ1n) is 9.90. The molecule has 0 spiro atoms. The number of amides is 3. The zero-order valence-electron chi connectivity index (χ0n) is 16.8. The lowest BCUT2D eigenvalue weighted by atomic mass is 10.1. The Morgan fingerprint density at radius 2 is 1.62 bits per heavy atom. The third-order valence-electron chi connectivity index (χ3n) is 5.06. The number of hydrogen-bond donors (Lipinski definition) is 2. The molecule has 1 heterocycles. The Morgan fingerprint density at radius 3 is 2.24 bits per heavy atom. The van der Waals surface area contributed by atoms with E-state index in [-0.39, 0.29) is 5.91 Å². The molecule has 7 nitrogen and oxygen atoms in total. The summed E-state index contributed by atoms with van der Waals surface area (Å²) in [7, 11) is 0. The lowest BCUT2D eigenvalue weighted by Crippen LogP contribution is -2.42. The van der Waals surface area contributed by atoms with Crippen molar-refractivity contribution in [1.29, 1.82) is 0 Å². The van der Waals surface area contributed by atoms with E-state index in [0.717, 1.165) is 25.2 Å². The summed E-state index contributed by atoms with van der Waals surface area (Å²) in [4.78, 5) is 40.8. The van der Waals surface area contributed by atoms with Gasteiger partial charge in [-0.25, -0.2) is 0 Å². The molecule has 1 fully saturated rings. The third kappa shape index (κ3) is 4.56. The SMILES string of the molecule is CCN(CC)c1ccc(C(=O)NNC(=O)c2ccccc2N2CCCC2=O)cc1. The molecule has 0 unspecified atom stereocenters. The van der Waals surface area contributed by atoms with Crippen LogP contribution in [-0.2, 0) is 4.79 Å². The van der Waals surface area contributed by atoms with Gasteiger partial charge in [0, 0.05) is 37.3 Å². The van der Waals surface area contributed by atoms with Crippen LogP contribution in [-0.4, -0.2) is 37.4 Å². The van der Waals surface area contributed by atoms with E-state index >= 15 is 0 Å². The molecule has 0 atom stereocenters. The summed E-state index contributed by atoms with van der Waals surface area (Å²) in [5.41, 5.74) is 7.29. The normalized spacial score (nSPS) is 13.3. The molecule has 2 N–H and O–H groups in total. The first-order chi connectivity index (χ1) is 14.0. The summed E-state index contributed by atoms with van der Waals surface area (Å²) in [5, 5.41) is 0. The van der Waals surface area contributed by atoms with Gasteiger partial charge in [-0.3, -0.25) is 25.2 Å². The van der Waals surface area contributed by atoms with E-state index in [2.05, 4.69) is 29.6 Å². The van der Waals surface area contributed by atoms with E-state index in [0.29, 0.717) is 29.8 Å². The average Bonchev–Trinajstić information content (AvgIpc) is 3.19. The second-order valence-electron chi connectivity index (χ2n) is 6.79. The minimum atomic E-state index is -0.464. The molecular weight excluding hydrogens is 368 g/mol. The van der Waals surface area contributed by atoms with E-state index in [1.807, 2.05) is 12.1 Å². The van der Waals surface area contributed by atoms with E-state index in [9.17, 15) is 14.4 Å². The Morgan fingerprint density at radius 1 is 0.966 bits per heavy atom. The highest BCUT2D eigenvalue weighted by molar-refractivity contribution is 6.06. The fourth-order valence-corrected chi connectivity index (χ4v) is 3.47. The molecule has 152 valence electrons. The van der Waals surface area contributed by atoms with Gasteiger partial charge in [0.25, 0.3) is 11.8 Å². The molecule has 0 radical (unpaired) electrons. The largest absolute Gasteiger partial charge is 0.372 e. The van der Waals surface area contributed by atoms with Gasteiger partial charge in [-0.15, -0.1) is 0 Å². The molecule has 3 amide bonds. The average molecular weight is 394 g/mol. The molecule has 1 aliphatic heterocycles. The predicted molar refractivity (Wildman–Crippen MR) is 113 cm³/mol. The van der Waals surface area contributed by atoms with Gasteiger partial charge in [0.2, 0.25) is 5.91 Å². The van der Waals surface area contributed by atoms with Crippen LogP contribution >= 0.6 is 0 Å². The Balaban J connectivity index is 1.65. The van der Waals surface area contributed by atoms with Crippen LogP contribution in [0.4, 0.5) is 11.4 Å². The zero-order valence-corrected chi connectivity index (χ0v) is 16.8. The Kier molecular flexibility index (Phi) is 6.49. The smallest absolute Gasteiger partial charge is 0.271 e. The van der Waals surface area contributed by atoms with Gasteiger partial charge in [-0.1, -0.05) is 12.1 Å². The molecule has 7 heteroatoms. The molecule has 0 saturated carbocycles. The van der Waals surface area contributed by atoms with Crippen molar-refractivity contribution in [1.82, 2.24) is 10.9 Å². The summed E-state index contributed by atoms with van der Waals surface area (Å²) >= 11 is 0. The maximum Gasteiger partial charge on any atom is 0.271 e. The highest BCUT2D eigenvalue weighted by Gasteiger charge is 2.25. The van der Waals surface area contributed by atoms with Gasteiger partial charge in [0.15, 0.2) is 0 Å². The summed E-state index contributed by atoms with van der Waals surface area (Å²) in [6.45, 7) is 6.52. The number of benzene rings is 2. The van der Waals surface area contributed by atoms with Gasteiger partial charge < -0.3 is 9.80 Å². The van der Waals surface area contributed by atoms with Gasteiger partial charge >= 0.3 is 0 Å². The van der Waals surface area contributed by atoms with Crippen molar-refractivity contribution in [2.45, 2.75) is 26.7 Å². The van der Waals surface area contributed by atoms with Crippen LogP contribution in [0.25, 0.3) is 0 Å². The zero-order chi connectivity index (χ0) is 20.8. The summed E-state index contributed by atoms with van der Waals surface area (Å²) < 4.78 is 0. The maximum atomic E-state index is 12.6. The Labute approximate surface area is 170 Å². The Hall–Kier alpha value is -3.35. The van der Waals surface area contributed by atoms with Crippen molar-refractivity contribution in [3.05, 3.63) is 59.7 Å². The quantitative estimate of drug-likeness (QED) is 0.738. The van der Waals surface area contributed by atoms with E-state index in [1.54, 1.807) is 41.3 Å². The number of anilines is 2. The number of para-hydroxylation sites is 1. The first kappa shape index (κ1) is 20.4. The number of nitrogens with zero attached hydrogens (tertiary/aromatic N) is 2. The number of carbonyl (C=O) groups is 3. The third-order valence-corrected chi connectivity index (χ3v) is 5.06. The monoisotopic (exact) mass is 394 g/mol. The van der Waals surface area contributed by atoms with Crippen LogP contribution in [0.1, 0.15) is 47.4 Å². The summed E-state index contributed by atoms with van der Waals surface area (Å²) in [6, 6.07) is 14.1. The molecule has 3 rings (SSSR count). The highest BCUT2D eigenvalue weighted by Crippen LogP contribution is 2.25. The van der Waals surface area contributed by atoms with Gasteiger partial charge in [-0.05, 0) is 56.7 Å². The molecule has 2 aromatic rings. The van der Waals surface area contributed by atoms with Crippen molar-refractivity contribution < 1.29 is 14.4 Å². The first-order valence-corrected chi connectivity index (χ1v) is 9.90. The van der Waals surface area contributed by atoms with Gasteiger partial charge in [-0.2, -0.15) is 0 Å². The second-order valence-corrected chi connectivity index (χ2v) is 6.79. The van der Waals surface area contributed by atoms with Crippen LogP contribution < -0.4 is 20.7 Å². The predicted octanol–water partition coefficient (Wildman–Crippen LogP) is 2.73. The van der Waals surface area contributed by atoms with E-state index < -0.39 is 11.8 Å². The van der Waals surface area contributed by atoms with Gasteiger partial charge in [0.1, 0.15) is 0 Å². The second kappa shape index (κ2) is 9.23. The van der Waals surface area contributed by atoms with Crippen LogP contribution in [0.15, 0.2) is 48.5 Å². The van der Waals surface area contributed by atoms with Crippen molar-refractivity contribution in [3.63, 3.8) is 0 Å². The fraction of sp³-hybridized carbons (Fsp3) is 0.318. The van der Waals surface area contributed by atoms with Crippen molar-refractivity contribution in [2.24, 2.45) is 0 Å². The molecule has 29 heavy (non-hydrogen) atoms. The topological polar surface area (TPSA) is 81.8 Å². The van der Waals surface area contributed by atoms with Crippen LogP contribution in [0, 0.1) is 0 Å². The van der Waals surface area contributed by atoms with E-state index in [1.165, 1.54) is 0 Å². The summed E-state index contributed by atoms with van der Waals surface area (Å²) in [6.07, 6.45) is 1.26. The standard InChI is InChI=1S/C22H26N4O3/c1-3-25(4-2)17-13-11-16(12-14-17)21(28)23-24-22(29)18-8-5-6-9-19(18)26-15-7-10-20(26)27/h5-6,8-9,11-14H,3-4,7,10,15H2,1-2H3,(H,23,28)(H,24,29). The number of rotatable bonds is 6. The lowest BCUT2D eigenvalue weighted by Gasteiger charge is -2.21. The Bertz CT molecular complexity index is 891. The van der Waals surface area contributed by atoms with Crippen molar-refractivity contribution in [3.8, 4) is 0 Å². The molecular formula is C22H26N4O3. The van der Waals surface area contributed by atoms with Gasteiger partial charge in [0.05, 0.1) is 11.3 Å². The molecule has 0 bridgehead atoms. The highest BCUT2D eigenvalue weighted by atomic mass is 16.2.